The molecule has 2 N–H and O–H groups in total. The minimum Gasteiger partial charge on any atom is -0.339 e. The van der Waals surface area contributed by atoms with Crippen molar-refractivity contribution >= 4 is 0 Å². The first-order valence-corrected chi connectivity index (χ1v) is 6.85. The third kappa shape index (κ3) is 3.28. The maximum absolute atomic E-state index is 5.55. The van der Waals surface area contributed by atoms with Crippen molar-refractivity contribution in [3.05, 3.63) is 11.7 Å². The first-order valence-electron chi connectivity index (χ1n) is 6.85. The van der Waals surface area contributed by atoms with Gasteiger partial charge in [0.2, 0.25) is 5.89 Å². The highest BCUT2D eigenvalue weighted by atomic mass is 16.5. The largest absolute Gasteiger partial charge is 0.339 e. The van der Waals surface area contributed by atoms with Crippen LogP contribution >= 0.6 is 0 Å². The molecule has 4 nitrogen and oxygen atoms in total. The van der Waals surface area contributed by atoms with Crippen molar-refractivity contribution < 1.29 is 4.52 Å². The van der Waals surface area contributed by atoms with Gasteiger partial charge < -0.3 is 10.3 Å². The van der Waals surface area contributed by atoms with E-state index in [9.17, 15) is 0 Å². The Labute approximate surface area is 103 Å². The van der Waals surface area contributed by atoms with E-state index in [1.54, 1.807) is 0 Å². The van der Waals surface area contributed by atoms with Crippen molar-refractivity contribution in [3.63, 3.8) is 0 Å². The molecule has 17 heavy (non-hydrogen) atoms. The predicted octanol–water partition coefficient (Wildman–Crippen LogP) is 2.96. The fourth-order valence-corrected chi connectivity index (χ4v) is 2.52. The summed E-state index contributed by atoms with van der Waals surface area (Å²) in [4.78, 5) is 4.56. The highest BCUT2D eigenvalue weighted by molar-refractivity contribution is 4.99. The van der Waals surface area contributed by atoms with Crippen molar-refractivity contribution in [3.8, 4) is 0 Å². The molecule has 96 valence electrons. The predicted molar refractivity (Wildman–Crippen MR) is 66.8 cm³/mol. The molecule has 0 saturated heterocycles. The average molecular weight is 237 g/mol. The van der Waals surface area contributed by atoms with Gasteiger partial charge in [-0.3, -0.25) is 0 Å². The summed E-state index contributed by atoms with van der Waals surface area (Å²) < 4.78 is 5.36. The molecule has 1 heterocycles. The summed E-state index contributed by atoms with van der Waals surface area (Å²) in [5.41, 5.74) is 5.55. The molecular formula is C13H23N3O. The van der Waals surface area contributed by atoms with Crippen LogP contribution in [0.3, 0.4) is 0 Å². The minimum absolute atomic E-state index is 0.284. The Morgan fingerprint density at radius 2 is 2.00 bits per heavy atom. The molecule has 1 aliphatic rings. The molecule has 4 heteroatoms. The van der Waals surface area contributed by atoms with Crippen LogP contribution < -0.4 is 5.73 Å². The van der Waals surface area contributed by atoms with Crippen molar-refractivity contribution in [2.45, 2.75) is 63.7 Å². The van der Waals surface area contributed by atoms with Crippen molar-refractivity contribution in [1.29, 1.82) is 0 Å². The smallest absolute Gasteiger partial charge is 0.229 e. The number of hydrogen-bond acceptors (Lipinski definition) is 4. The summed E-state index contributed by atoms with van der Waals surface area (Å²) >= 11 is 0. The Balaban J connectivity index is 2.01. The van der Waals surface area contributed by atoms with Crippen LogP contribution in [-0.2, 0) is 0 Å². The van der Waals surface area contributed by atoms with E-state index in [4.69, 9.17) is 10.3 Å². The lowest BCUT2D eigenvalue weighted by Crippen LogP contribution is -2.05. The van der Waals surface area contributed by atoms with Crippen LogP contribution in [0, 0.1) is 0 Å². The van der Waals surface area contributed by atoms with E-state index in [2.05, 4.69) is 17.1 Å². The lowest BCUT2D eigenvalue weighted by Gasteiger charge is -2.07. The van der Waals surface area contributed by atoms with Gasteiger partial charge in [-0.15, -0.1) is 0 Å². The number of hydrogen-bond donors (Lipinski definition) is 1. The minimum atomic E-state index is 0.284. The van der Waals surface area contributed by atoms with E-state index < -0.39 is 0 Å². The molecule has 1 aromatic heterocycles. The van der Waals surface area contributed by atoms with Gasteiger partial charge in [0, 0.05) is 11.8 Å². The molecule has 0 amide bonds. The number of aromatic nitrogens is 2. The maximum Gasteiger partial charge on any atom is 0.229 e. The standard InChI is InChI=1S/C13H23N3O/c1-10(8-9-14)13-15-12(16-17-13)11-6-4-2-3-5-7-11/h10-11H,2-9,14H2,1H3. The number of nitrogens with zero attached hydrogens (tertiary/aromatic N) is 2. The van der Waals surface area contributed by atoms with E-state index in [0.717, 1.165) is 18.1 Å². The second-order valence-corrected chi connectivity index (χ2v) is 5.16. The Morgan fingerprint density at radius 1 is 1.29 bits per heavy atom. The Hall–Kier alpha value is -0.900. The quantitative estimate of drug-likeness (QED) is 0.818. The zero-order valence-electron chi connectivity index (χ0n) is 10.7. The third-order valence-corrected chi connectivity index (χ3v) is 3.70. The van der Waals surface area contributed by atoms with Gasteiger partial charge >= 0.3 is 0 Å². The van der Waals surface area contributed by atoms with Crippen LogP contribution in [0.4, 0.5) is 0 Å². The van der Waals surface area contributed by atoms with E-state index in [-0.39, 0.29) is 5.92 Å². The summed E-state index contributed by atoms with van der Waals surface area (Å²) in [7, 11) is 0. The van der Waals surface area contributed by atoms with Gasteiger partial charge in [-0.1, -0.05) is 37.8 Å². The molecule has 1 atom stereocenters. The first-order chi connectivity index (χ1) is 8.31. The molecular weight excluding hydrogens is 214 g/mol. The van der Waals surface area contributed by atoms with E-state index in [1.807, 2.05) is 0 Å². The second kappa shape index (κ2) is 6.15. The van der Waals surface area contributed by atoms with Crippen molar-refractivity contribution in [1.82, 2.24) is 10.1 Å². The normalized spacial score (nSPS) is 20.1. The summed E-state index contributed by atoms with van der Waals surface area (Å²) in [5, 5.41) is 4.16. The molecule has 1 saturated carbocycles. The summed E-state index contributed by atoms with van der Waals surface area (Å²) in [6.45, 7) is 2.76. The van der Waals surface area contributed by atoms with Gasteiger partial charge in [0.25, 0.3) is 0 Å². The molecule has 0 aliphatic heterocycles. The zero-order chi connectivity index (χ0) is 12.1. The van der Waals surface area contributed by atoms with E-state index >= 15 is 0 Å². The molecule has 0 aromatic carbocycles. The molecule has 1 unspecified atom stereocenters. The fraction of sp³-hybridized carbons (Fsp3) is 0.846. The fourth-order valence-electron chi connectivity index (χ4n) is 2.52. The average Bonchev–Trinajstić information content (AvgIpc) is 2.66. The lowest BCUT2D eigenvalue weighted by molar-refractivity contribution is 0.346. The Kier molecular flexibility index (Phi) is 4.54. The van der Waals surface area contributed by atoms with Crippen molar-refractivity contribution in [2.75, 3.05) is 6.54 Å². The van der Waals surface area contributed by atoms with Gasteiger partial charge in [-0.25, -0.2) is 0 Å². The summed E-state index contributed by atoms with van der Waals surface area (Å²) in [6.07, 6.45) is 8.64. The molecule has 0 radical (unpaired) electrons. The Morgan fingerprint density at radius 3 is 2.65 bits per heavy atom. The highest BCUT2D eigenvalue weighted by Crippen LogP contribution is 2.30. The Bertz CT molecular complexity index is 329. The van der Waals surface area contributed by atoms with Crippen LogP contribution in [0.15, 0.2) is 4.52 Å². The topological polar surface area (TPSA) is 64.9 Å². The van der Waals surface area contributed by atoms with Gasteiger partial charge in [-0.2, -0.15) is 4.98 Å². The molecule has 1 aliphatic carbocycles. The van der Waals surface area contributed by atoms with Crippen LogP contribution in [-0.4, -0.2) is 16.7 Å². The summed E-state index contributed by atoms with van der Waals surface area (Å²) in [5.74, 6) is 2.48. The molecule has 1 fully saturated rings. The van der Waals surface area contributed by atoms with Gasteiger partial charge in [-0.05, 0) is 25.8 Å². The highest BCUT2D eigenvalue weighted by Gasteiger charge is 2.21. The molecule has 0 spiro atoms. The van der Waals surface area contributed by atoms with Crippen LogP contribution in [0.25, 0.3) is 0 Å². The SMILES string of the molecule is CC(CCN)c1nc(C2CCCCCC2)no1. The van der Waals surface area contributed by atoms with E-state index in [0.29, 0.717) is 12.5 Å². The second-order valence-electron chi connectivity index (χ2n) is 5.16. The monoisotopic (exact) mass is 237 g/mol. The molecule has 2 rings (SSSR count). The van der Waals surface area contributed by atoms with Crippen LogP contribution in [0.1, 0.15) is 75.4 Å². The van der Waals surface area contributed by atoms with Crippen LogP contribution in [0.2, 0.25) is 0 Å². The molecule has 0 bridgehead atoms. The van der Waals surface area contributed by atoms with E-state index in [1.165, 1.54) is 38.5 Å². The zero-order valence-corrected chi connectivity index (χ0v) is 10.7. The van der Waals surface area contributed by atoms with Crippen molar-refractivity contribution in [2.24, 2.45) is 5.73 Å². The number of rotatable bonds is 4. The molecule has 1 aromatic rings. The van der Waals surface area contributed by atoms with Crippen LogP contribution in [0.5, 0.6) is 0 Å². The van der Waals surface area contributed by atoms with Gasteiger partial charge in [0.1, 0.15) is 0 Å². The first kappa shape index (κ1) is 12.6. The third-order valence-electron chi connectivity index (χ3n) is 3.70. The maximum atomic E-state index is 5.55. The summed E-state index contributed by atoms with van der Waals surface area (Å²) in [6, 6.07) is 0. The number of nitrogens with two attached hydrogens (primary N) is 1. The van der Waals surface area contributed by atoms with Gasteiger partial charge in [0.05, 0.1) is 0 Å². The van der Waals surface area contributed by atoms with Gasteiger partial charge in [0.15, 0.2) is 5.82 Å². The lowest BCUT2D eigenvalue weighted by atomic mass is 10.00.